The van der Waals surface area contributed by atoms with E-state index in [0.29, 0.717) is 11.9 Å². The molecule has 3 rings (SSSR count). The summed E-state index contributed by atoms with van der Waals surface area (Å²) in [6, 6.07) is 4.01. The second-order valence-corrected chi connectivity index (χ2v) is 6.13. The molecule has 0 amide bonds. The van der Waals surface area contributed by atoms with Crippen molar-refractivity contribution in [2.24, 2.45) is 0 Å². The summed E-state index contributed by atoms with van der Waals surface area (Å²) in [5.41, 5.74) is 3.01. The van der Waals surface area contributed by atoms with Crippen LogP contribution in [0.1, 0.15) is 47.2 Å². The van der Waals surface area contributed by atoms with Crippen molar-refractivity contribution in [2.45, 2.75) is 39.5 Å². The smallest absolute Gasteiger partial charge is 0.349 e. The first-order valence-electron chi connectivity index (χ1n) is 7.90. The van der Waals surface area contributed by atoms with Gasteiger partial charge in [-0.15, -0.1) is 0 Å². The fourth-order valence-corrected chi connectivity index (χ4v) is 3.39. The molecule has 1 saturated heterocycles. The maximum Gasteiger partial charge on any atom is 0.349 e. The van der Waals surface area contributed by atoms with Crippen molar-refractivity contribution in [2.75, 3.05) is 18.0 Å². The average molecular weight is 299 g/mol. The van der Waals surface area contributed by atoms with Crippen molar-refractivity contribution >= 4 is 22.9 Å². The molecular weight excluding hydrogens is 278 g/mol. The highest BCUT2D eigenvalue weighted by Gasteiger charge is 2.21. The molecule has 22 heavy (non-hydrogen) atoms. The minimum Gasteiger partial charge on any atom is -0.422 e. The Morgan fingerprint density at radius 2 is 1.77 bits per heavy atom. The maximum absolute atomic E-state index is 12.2. The van der Waals surface area contributed by atoms with Crippen LogP contribution in [0, 0.1) is 13.8 Å². The van der Waals surface area contributed by atoms with E-state index in [2.05, 4.69) is 4.90 Å². The lowest BCUT2D eigenvalue weighted by atomic mass is 10.0. The first-order chi connectivity index (χ1) is 10.6. The van der Waals surface area contributed by atoms with Gasteiger partial charge in [0.1, 0.15) is 11.1 Å². The summed E-state index contributed by atoms with van der Waals surface area (Å²) in [5, 5.41) is 0.876. The first kappa shape index (κ1) is 14.8. The van der Waals surface area contributed by atoms with Crippen molar-refractivity contribution in [3.05, 3.63) is 39.2 Å². The van der Waals surface area contributed by atoms with Gasteiger partial charge in [-0.3, -0.25) is 4.79 Å². The van der Waals surface area contributed by atoms with Crippen molar-refractivity contribution in [1.29, 1.82) is 0 Å². The number of hydrogen-bond donors (Lipinski definition) is 0. The summed E-state index contributed by atoms with van der Waals surface area (Å²) in [5.74, 6) is 0. The average Bonchev–Trinajstić information content (AvgIpc) is 2.76. The van der Waals surface area contributed by atoms with E-state index >= 15 is 0 Å². The molecule has 0 atom stereocenters. The molecule has 1 aliphatic rings. The van der Waals surface area contributed by atoms with Gasteiger partial charge >= 0.3 is 5.63 Å². The van der Waals surface area contributed by atoms with Crippen molar-refractivity contribution < 1.29 is 9.21 Å². The van der Waals surface area contributed by atoms with Crippen LogP contribution in [0.3, 0.4) is 0 Å². The van der Waals surface area contributed by atoms with E-state index in [9.17, 15) is 9.59 Å². The van der Waals surface area contributed by atoms with Crippen LogP contribution in [0.4, 0.5) is 5.69 Å². The third-order valence-corrected chi connectivity index (χ3v) is 4.38. The summed E-state index contributed by atoms with van der Waals surface area (Å²) in [6.45, 7) is 5.72. The normalized spacial score (nSPS) is 15.8. The lowest BCUT2D eigenvalue weighted by Crippen LogP contribution is -2.27. The van der Waals surface area contributed by atoms with E-state index < -0.39 is 5.63 Å². The summed E-state index contributed by atoms with van der Waals surface area (Å²) in [7, 11) is 0. The highest BCUT2D eigenvalue weighted by molar-refractivity contribution is 6.00. The van der Waals surface area contributed by atoms with Crippen LogP contribution in [0.15, 0.2) is 21.3 Å². The zero-order valence-electron chi connectivity index (χ0n) is 13.1. The topological polar surface area (TPSA) is 50.5 Å². The van der Waals surface area contributed by atoms with Crippen LogP contribution in [0.5, 0.6) is 0 Å². The SMILES string of the molecule is Cc1cc(C)c2oc(=O)c(C=O)c(N3CCCCCC3)c2c1. The van der Waals surface area contributed by atoms with Gasteiger partial charge in [0.15, 0.2) is 6.29 Å². The predicted molar refractivity (Wildman–Crippen MR) is 88.0 cm³/mol. The highest BCUT2D eigenvalue weighted by Crippen LogP contribution is 2.32. The summed E-state index contributed by atoms with van der Waals surface area (Å²) in [6.07, 6.45) is 5.22. The van der Waals surface area contributed by atoms with Gasteiger partial charge in [0.05, 0.1) is 5.69 Å². The third-order valence-electron chi connectivity index (χ3n) is 4.38. The number of carbonyl (C=O) groups is 1. The molecule has 1 aliphatic heterocycles. The Labute approximate surface area is 129 Å². The standard InChI is InChI=1S/C18H21NO3/c1-12-9-13(2)17-14(10-12)16(15(11-20)18(21)22-17)19-7-5-3-4-6-8-19/h9-11H,3-8H2,1-2H3. The monoisotopic (exact) mass is 299 g/mol. The number of nitrogens with zero attached hydrogens (tertiary/aromatic N) is 1. The predicted octanol–water partition coefficient (Wildman–Crippen LogP) is 3.60. The highest BCUT2D eigenvalue weighted by atomic mass is 16.4. The molecule has 0 N–H and O–H groups in total. The fraction of sp³-hybridized carbons (Fsp3) is 0.444. The Morgan fingerprint density at radius 1 is 1.09 bits per heavy atom. The Morgan fingerprint density at radius 3 is 2.41 bits per heavy atom. The van der Waals surface area contributed by atoms with Crippen LogP contribution >= 0.6 is 0 Å². The minimum atomic E-state index is -0.534. The number of hydrogen-bond acceptors (Lipinski definition) is 4. The molecule has 0 saturated carbocycles. The van der Waals surface area contributed by atoms with Gasteiger partial charge in [-0.25, -0.2) is 4.79 Å². The molecule has 1 fully saturated rings. The lowest BCUT2D eigenvalue weighted by molar-refractivity contribution is 0.112. The Kier molecular flexibility index (Phi) is 4.01. The van der Waals surface area contributed by atoms with Crippen LogP contribution in [0.2, 0.25) is 0 Å². The van der Waals surface area contributed by atoms with E-state index in [1.165, 1.54) is 12.8 Å². The third kappa shape index (κ3) is 2.54. The molecule has 1 aromatic carbocycles. The van der Waals surface area contributed by atoms with E-state index in [0.717, 1.165) is 48.1 Å². The van der Waals surface area contributed by atoms with E-state index in [4.69, 9.17) is 4.42 Å². The number of rotatable bonds is 2. The molecule has 0 radical (unpaired) electrons. The number of anilines is 1. The fourth-order valence-electron chi connectivity index (χ4n) is 3.39. The van der Waals surface area contributed by atoms with Crippen molar-refractivity contribution in [1.82, 2.24) is 0 Å². The lowest BCUT2D eigenvalue weighted by Gasteiger charge is -2.25. The Balaban J connectivity index is 2.33. The zero-order chi connectivity index (χ0) is 15.7. The largest absolute Gasteiger partial charge is 0.422 e. The number of fused-ring (bicyclic) bond motifs is 1. The minimum absolute atomic E-state index is 0.152. The molecule has 4 nitrogen and oxygen atoms in total. The van der Waals surface area contributed by atoms with Gasteiger partial charge in [-0.05, 0) is 43.9 Å². The summed E-state index contributed by atoms with van der Waals surface area (Å²) < 4.78 is 5.42. The zero-order valence-corrected chi connectivity index (χ0v) is 13.1. The van der Waals surface area contributed by atoms with Gasteiger partial charge in [-0.2, -0.15) is 0 Å². The molecule has 0 spiro atoms. The van der Waals surface area contributed by atoms with Crippen LogP contribution in [-0.2, 0) is 0 Å². The first-order valence-corrected chi connectivity index (χ1v) is 7.90. The maximum atomic E-state index is 12.2. The van der Waals surface area contributed by atoms with E-state index in [-0.39, 0.29) is 5.56 Å². The quantitative estimate of drug-likeness (QED) is 0.628. The van der Waals surface area contributed by atoms with E-state index in [1.807, 2.05) is 26.0 Å². The molecule has 116 valence electrons. The van der Waals surface area contributed by atoms with Crippen molar-refractivity contribution in [3.63, 3.8) is 0 Å². The molecule has 1 aromatic heterocycles. The number of carbonyl (C=O) groups excluding carboxylic acids is 1. The number of aryl methyl sites for hydroxylation is 2. The summed E-state index contributed by atoms with van der Waals surface area (Å²) in [4.78, 5) is 25.9. The number of aldehydes is 1. The molecular formula is C18H21NO3. The Hall–Kier alpha value is -2.10. The van der Waals surface area contributed by atoms with Gasteiger partial charge in [0, 0.05) is 18.5 Å². The van der Waals surface area contributed by atoms with E-state index in [1.54, 1.807) is 0 Å². The van der Waals surface area contributed by atoms with Gasteiger partial charge in [0.2, 0.25) is 0 Å². The van der Waals surface area contributed by atoms with Crippen LogP contribution in [-0.4, -0.2) is 19.4 Å². The van der Waals surface area contributed by atoms with Gasteiger partial charge in [0.25, 0.3) is 0 Å². The summed E-state index contributed by atoms with van der Waals surface area (Å²) >= 11 is 0. The van der Waals surface area contributed by atoms with Crippen LogP contribution < -0.4 is 10.5 Å². The second-order valence-electron chi connectivity index (χ2n) is 6.13. The molecule has 2 aromatic rings. The molecule has 4 heteroatoms. The molecule has 2 heterocycles. The van der Waals surface area contributed by atoms with Gasteiger partial charge < -0.3 is 9.32 Å². The van der Waals surface area contributed by atoms with Gasteiger partial charge in [-0.1, -0.05) is 18.9 Å². The van der Waals surface area contributed by atoms with Crippen LogP contribution in [0.25, 0.3) is 11.0 Å². The molecule has 0 bridgehead atoms. The second kappa shape index (κ2) is 5.95. The molecule has 0 aliphatic carbocycles. The van der Waals surface area contributed by atoms with Crippen molar-refractivity contribution in [3.8, 4) is 0 Å². The Bertz CT molecular complexity index is 768. The number of benzene rings is 1. The molecule has 0 unspecified atom stereocenters.